The second-order valence-corrected chi connectivity index (χ2v) is 7.88. The Kier molecular flexibility index (Phi) is 5.43. The van der Waals surface area contributed by atoms with E-state index < -0.39 is 26.6 Å². The molecule has 3 rings (SSSR count). The molecule has 1 heterocycles. The molecule has 1 aliphatic rings. The van der Waals surface area contributed by atoms with Gasteiger partial charge in [-0.3, -0.25) is 4.79 Å². The minimum absolute atomic E-state index is 0.0147. The second-order valence-electron chi connectivity index (χ2n) is 5.97. The van der Waals surface area contributed by atoms with Gasteiger partial charge in [0, 0.05) is 26.2 Å². The Bertz CT molecular complexity index is 958. The van der Waals surface area contributed by atoms with Crippen LogP contribution in [-0.4, -0.2) is 56.8 Å². The van der Waals surface area contributed by atoms with Gasteiger partial charge in [-0.25, -0.2) is 17.2 Å². The number of carbonyl (C=O) groups excluding carboxylic acids is 1. The molecule has 2 aromatic rings. The summed E-state index contributed by atoms with van der Waals surface area (Å²) in [6.07, 6.45) is 0. The third kappa shape index (κ3) is 3.79. The predicted octanol–water partition coefficient (Wildman–Crippen LogP) is 2.12. The van der Waals surface area contributed by atoms with Crippen molar-refractivity contribution in [2.45, 2.75) is 4.90 Å². The molecule has 6 nitrogen and oxygen atoms in total. The molecule has 0 atom stereocenters. The molecular weight excluding hydrogens is 378 g/mol. The first-order chi connectivity index (χ1) is 12.8. The van der Waals surface area contributed by atoms with Crippen molar-refractivity contribution in [2.24, 2.45) is 0 Å². The lowest BCUT2D eigenvalue weighted by atomic mass is 10.1. The lowest BCUT2D eigenvalue weighted by Gasteiger charge is -2.34. The van der Waals surface area contributed by atoms with Crippen LogP contribution in [-0.2, 0) is 10.0 Å². The van der Waals surface area contributed by atoms with Crippen molar-refractivity contribution in [1.82, 2.24) is 9.21 Å². The number of methoxy groups -OCH3 is 1. The molecule has 1 saturated heterocycles. The standard InChI is InChI=1S/C18H18F2N2O4S/c1-26-16-5-3-2-4-14(16)18(23)21-8-10-22(11-9-21)27(24,25)17-12-13(19)6-7-15(17)20/h2-7,12H,8-11H2,1H3. The molecule has 9 heteroatoms. The van der Waals surface area contributed by atoms with E-state index in [9.17, 15) is 22.0 Å². The van der Waals surface area contributed by atoms with Gasteiger partial charge in [0.1, 0.15) is 22.3 Å². The van der Waals surface area contributed by atoms with E-state index in [1.54, 1.807) is 24.3 Å². The summed E-state index contributed by atoms with van der Waals surface area (Å²) in [5.41, 5.74) is 0.382. The van der Waals surface area contributed by atoms with Crippen molar-refractivity contribution >= 4 is 15.9 Å². The van der Waals surface area contributed by atoms with Gasteiger partial charge in [-0.2, -0.15) is 4.31 Å². The van der Waals surface area contributed by atoms with Crippen molar-refractivity contribution in [1.29, 1.82) is 0 Å². The zero-order valence-electron chi connectivity index (χ0n) is 14.6. The summed E-state index contributed by atoms with van der Waals surface area (Å²) in [5, 5.41) is 0. The van der Waals surface area contributed by atoms with Crippen molar-refractivity contribution in [3.63, 3.8) is 0 Å². The van der Waals surface area contributed by atoms with Crippen molar-refractivity contribution in [3.05, 3.63) is 59.7 Å². The second kappa shape index (κ2) is 7.61. The monoisotopic (exact) mass is 396 g/mol. The molecule has 1 aliphatic heterocycles. The summed E-state index contributed by atoms with van der Waals surface area (Å²) in [4.78, 5) is 13.5. The van der Waals surface area contributed by atoms with Crippen LogP contribution in [0.25, 0.3) is 0 Å². The van der Waals surface area contributed by atoms with Crippen LogP contribution >= 0.6 is 0 Å². The zero-order chi connectivity index (χ0) is 19.6. The average molecular weight is 396 g/mol. The Balaban J connectivity index is 1.75. The fraction of sp³-hybridized carbons (Fsp3) is 0.278. The number of piperazine rings is 1. The summed E-state index contributed by atoms with van der Waals surface area (Å²) < 4.78 is 58.7. The van der Waals surface area contributed by atoms with Crippen LogP contribution in [0.1, 0.15) is 10.4 Å². The number of ether oxygens (including phenoxy) is 1. The molecule has 0 bridgehead atoms. The van der Waals surface area contributed by atoms with Crippen LogP contribution < -0.4 is 4.74 Å². The molecular formula is C18H18F2N2O4S. The third-order valence-electron chi connectivity index (χ3n) is 4.37. The highest BCUT2D eigenvalue weighted by atomic mass is 32.2. The van der Waals surface area contributed by atoms with Crippen LogP contribution in [0.15, 0.2) is 47.4 Å². The van der Waals surface area contributed by atoms with E-state index in [2.05, 4.69) is 0 Å². The Morgan fingerprint density at radius 3 is 2.37 bits per heavy atom. The molecule has 1 fully saturated rings. The van der Waals surface area contributed by atoms with Gasteiger partial charge in [-0.05, 0) is 30.3 Å². The minimum Gasteiger partial charge on any atom is -0.496 e. The molecule has 0 saturated carbocycles. The van der Waals surface area contributed by atoms with Gasteiger partial charge in [0.05, 0.1) is 12.7 Å². The first-order valence-electron chi connectivity index (χ1n) is 8.22. The maximum atomic E-state index is 13.9. The molecule has 0 N–H and O–H groups in total. The van der Waals surface area contributed by atoms with Gasteiger partial charge in [0.25, 0.3) is 5.91 Å². The van der Waals surface area contributed by atoms with Crippen LogP contribution in [0.2, 0.25) is 0 Å². The normalized spacial score (nSPS) is 15.6. The van der Waals surface area contributed by atoms with E-state index in [4.69, 9.17) is 4.74 Å². The summed E-state index contributed by atoms with van der Waals surface area (Å²) in [7, 11) is -2.72. The highest BCUT2D eigenvalue weighted by Crippen LogP contribution is 2.24. The summed E-state index contributed by atoms with van der Waals surface area (Å²) in [6, 6.07) is 9.06. The summed E-state index contributed by atoms with van der Waals surface area (Å²) in [6.45, 7) is 0.235. The fourth-order valence-corrected chi connectivity index (χ4v) is 4.44. The molecule has 27 heavy (non-hydrogen) atoms. The smallest absolute Gasteiger partial charge is 0.257 e. The Morgan fingerprint density at radius 2 is 1.70 bits per heavy atom. The molecule has 1 amide bonds. The Labute approximate surface area is 156 Å². The summed E-state index contributed by atoms with van der Waals surface area (Å²) >= 11 is 0. The highest BCUT2D eigenvalue weighted by molar-refractivity contribution is 7.89. The number of rotatable bonds is 4. The number of hydrogen-bond donors (Lipinski definition) is 0. The predicted molar refractivity (Wildman–Crippen MR) is 94.0 cm³/mol. The number of hydrogen-bond acceptors (Lipinski definition) is 4. The van der Waals surface area contributed by atoms with Crippen LogP contribution in [0.5, 0.6) is 5.75 Å². The van der Waals surface area contributed by atoms with Gasteiger partial charge in [-0.15, -0.1) is 0 Å². The van der Waals surface area contributed by atoms with E-state index >= 15 is 0 Å². The minimum atomic E-state index is -4.19. The van der Waals surface area contributed by atoms with Crippen molar-refractivity contribution in [3.8, 4) is 5.75 Å². The zero-order valence-corrected chi connectivity index (χ0v) is 15.4. The SMILES string of the molecule is COc1ccccc1C(=O)N1CCN(S(=O)(=O)c2cc(F)ccc2F)CC1. The maximum absolute atomic E-state index is 13.9. The lowest BCUT2D eigenvalue weighted by molar-refractivity contribution is 0.0694. The van der Waals surface area contributed by atoms with E-state index in [-0.39, 0.29) is 32.1 Å². The number of carbonyl (C=O) groups is 1. The van der Waals surface area contributed by atoms with E-state index in [1.807, 2.05) is 0 Å². The number of halogens is 2. The van der Waals surface area contributed by atoms with E-state index in [1.165, 1.54) is 12.0 Å². The third-order valence-corrected chi connectivity index (χ3v) is 6.29. The van der Waals surface area contributed by atoms with Gasteiger partial charge in [-0.1, -0.05) is 12.1 Å². The molecule has 0 unspecified atom stereocenters. The van der Waals surface area contributed by atoms with Crippen LogP contribution in [0.3, 0.4) is 0 Å². The number of amides is 1. The van der Waals surface area contributed by atoms with Gasteiger partial charge >= 0.3 is 0 Å². The van der Waals surface area contributed by atoms with Crippen LogP contribution in [0, 0.1) is 11.6 Å². The van der Waals surface area contributed by atoms with Gasteiger partial charge in [0.15, 0.2) is 0 Å². The number of benzene rings is 2. The first kappa shape index (κ1) is 19.2. The fourth-order valence-electron chi connectivity index (χ4n) is 2.94. The molecule has 0 aromatic heterocycles. The molecule has 2 aromatic carbocycles. The van der Waals surface area contributed by atoms with E-state index in [0.29, 0.717) is 17.4 Å². The number of nitrogens with zero attached hydrogens (tertiary/aromatic N) is 2. The van der Waals surface area contributed by atoms with E-state index in [0.717, 1.165) is 16.4 Å². The Hall–Kier alpha value is -2.52. The molecule has 0 aliphatic carbocycles. The topological polar surface area (TPSA) is 66.9 Å². The summed E-state index contributed by atoms with van der Waals surface area (Å²) in [5.74, 6) is -1.69. The van der Waals surface area contributed by atoms with Gasteiger partial charge < -0.3 is 9.64 Å². The average Bonchev–Trinajstić information content (AvgIpc) is 2.69. The van der Waals surface area contributed by atoms with Crippen LogP contribution in [0.4, 0.5) is 8.78 Å². The highest BCUT2D eigenvalue weighted by Gasteiger charge is 2.33. The molecule has 0 spiro atoms. The quantitative estimate of drug-likeness (QED) is 0.794. The molecule has 144 valence electrons. The maximum Gasteiger partial charge on any atom is 0.257 e. The van der Waals surface area contributed by atoms with Crippen molar-refractivity contribution in [2.75, 3.05) is 33.3 Å². The van der Waals surface area contributed by atoms with Gasteiger partial charge in [0.2, 0.25) is 10.0 Å². The number of para-hydroxylation sites is 1. The number of sulfonamides is 1. The lowest BCUT2D eigenvalue weighted by Crippen LogP contribution is -2.50. The molecule has 0 radical (unpaired) electrons. The largest absolute Gasteiger partial charge is 0.496 e. The Morgan fingerprint density at radius 1 is 1.04 bits per heavy atom. The first-order valence-corrected chi connectivity index (χ1v) is 9.66. The van der Waals surface area contributed by atoms with Crippen molar-refractivity contribution < 1.29 is 26.7 Å².